The number of carboxylic acids is 1. The number of hydrogen-bond acceptors (Lipinski definition) is 3. The first kappa shape index (κ1) is 18.6. The second-order valence-electron chi connectivity index (χ2n) is 7.47. The molecule has 4 rings (SSSR count). The first-order valence-electron chi connectivity index (χ1n) is 9.48. The van der Waals surface area contributed by atoms with Crippen LogP contribution in [-0.4, -0.2) is 41.6 Å². The highest BCUT2D eigenvalue weighted by molar-refractivity contribution is 5.89. The summed E-state index contributed by atoms with van der Waals surface area (Å²) in [6.45, 7) is 1.94. The molecule has 2 heterocycles. The van der Waals surface area contributed by atoms with E-state index in [9.17, 15) is 19.1 Å². The van der Waals surface area contributed by atoms with E-state index in [4.69, 9.17) is 4.74 Å². The molecular formula is C22H22FNO4. The van der Waals surface area contributed by atoms with Gasteiger partial charge in [-0.1, -0.05) is 18.2 Å². The molecule has 5 nitrogen and oxygen atoms in total. The van der Waals surface area contributed by atoms with Crippen LogP contribution in [0.15, 0.2) is 42.5 Å². The van der Waals surface area contributed by atoms with Crippen LogP contribution in [-0.2, 0) is 27.9 Å². The van der Waals surface area contributed by atoms with Gasteiger partial charge in [-0.05, 0) is 60.2 Å². The fourth-order valence-corrected chi connectivity index (χ4v) is 4.28. The number of nitrogens with zero attached hydrogens (tertiary/aromatic N) is 1. The molecule has 2 aliphatic rings. The van der Waals surface area contributed by atoms with E-state index in [1.807, 2.05) is 11.0 Å². The third-order valence-electron chi connectivity index (χ3n) is 5.91. The van der Waals surface area contributed by atoms with Crippen LogP contribution < -0.4 is 0 Å². The summed E-state index contributed by atoms with van der Waals surface area (Å²) in [5, 5.41) is 9.25. The van der Waals surface area contributed by atoms with Crippen LogP contribution in [0.1, 0.15) is 39.9 Å². The van der Waals surface area contributed by atoms with Crippen molar-refractivity contribution in [3.8, 4) is 0 Å². The molecule has 2 aliphatic heterocycles. The van der Waals surface area contributed by atoms with E-state index in [1.54, 1.807) is 24.3 Å². The predicted molar refractivity (Wildman–Crippen MR) is 101 cm³/mol. The molecule has 0 unspecified atom stereocenters. The Balaban J connectivity index is 1.65. The summed E-state index contributed by atoms with van der Waals surface area (Å²) in [7, 11) is 0. The first-order valence-corrected chi connectivity index (χ1v) is 9.48. The molecule has 1 saturated heterocycles. The van der Waals surface area contributed by atoms with Gasteiger partial charge in [0.15, 0.2) is 0 Å². The Morgan fingerprint density at radius 3 is 2.43 bits per heavy atom. The van der Waals surface area contributed by atoms with Crippen LogP contribution in [0.2, 0.25) is 0 Å². The number of carboxylic acid groups (broad SMARTS) is 1. The number of fused-ring (bicyclic) bond motifs is 1. The average molecular weight is 383 g/mol. The fraction of sp³-hybridized carbons (Fsp3) is 0.364. The Bertz CT molecular complexity index is 903. The standard InChI is InChI=1S/C22H22FNO4/c23-19-5-3-18(4-6-19)22(8-11-28-12-9-22)21(27)24-10-7-15-1-2-16(20(25)26)13-17(15)14-24/h1-6,13H,7-12,14H2,(H,25,26). The van der Waals surface area contributed by atoms with Gasteiger partial charge < -0.3 is 14.7 Å². The highest BCUT2D eigenvalue weighted by atomic mass is 19.1. The zero-order valence-electron chi connectivity index (χ0n) is 15.5. The summed E-state index contributed by atoms with van der Waals surface area (Å²) < 4.78 is 18.9. The lowest BCUT2D eigenvalue weighted by molar-refractivity contribution is -0.142. The Labute approximate surface area is 162 Å². The van der Waals surface area contributed by atoms with E-state index in [-0.39, 0.29) is 17.3 Å². The zero-order chi connectivity index (χ0) is 19.7. The van der Waals surface area contributed by atoms with Crippen LogP contribution in [0.4, 0.5) is 4.39 Å². The minimum atomic E-state index is -0.974. The topological polar surface area (TPSA) is 66.8 Å². The fourth-order valence-electron chi connectivity index (χ4n) is 4.28. The van der Waals surface area contributed by atoms with Crippen molar-refractivity contribution in [1.82, 2.24) is 4.90 Å². The number of carbonyl (C=O) groups is 2. The molecule has 1 amide bonds. The highest BCUT2D eigenvalue weighted by Crippen LogP contribution is 2.38. The van der Waals surface area contributed by atoms with Crippen molar-refractivity contribution in [2.45, 2.75) is 31.2 Å². The monoisotopic (exact) mass is 383 g/mol. The van der Waals surface area contributed by atoms with Gasteiger partial charge in [0.05, 0.1) is 11.0 Å². The molecule has 0 saturated carbocycles. The number of hydrogen-bond donors (Lipinski definition) is 1. The molecule has 0 bridgehead atoms. The maximum atomic E-state index is 13.6. The van der Waals surface area contributed by atoms with Gasteiger partial charge in [0.25, 0.3) is 0 Å². The third-order valence-corrected chi connectivity index (χ3v) is 5.91. The smallest absolute Gasteiger partial charge is 0.335 e. The number of rotatable bonds is 3. The zero-order valence-corrected chi connectivity index (χ0v) is 15.5. The number of ether oxygens (including phenoxy) is 1. The maximum absolute atomic E-state index is 13.6. The molecule has 2 aromatic carbocycles. The van der Waals surface area contributed by atoms with Crippen LogP contribution >= 0.6 is 0 Å². The Kier molecular flexibility index (Phi) is 4.89. The van der Waals surface area contributed by atoms with Gasteiger partial charge in [0.2, 0.25) is 5.91 Å². The summed E-state index contributed by atoms with van der Waals surface area (Å²) in [6, 6.07) is 11.3. The van der Waals surface area contributed by atoms with Crippen molar-refractivity contribution >= 4 is 11.9 Å². The van der Waals surface area contributed by atoms with Crippen molar-refractivity contribution in [2.75, 3.05) is 19.8 Å². The molecule has 146 valence electrons. The van der Waals surface area contributed by atoms with Gasteiger partial charge in [0, 0.05) is 26.3 Å². The Morgan fingerprint density at radius 1 is 1.04 bits per heavy atom. The second kappa shape index (κ2) is 7.36. The average Bonchev–Trinajstić information content (AvgIpc) is 2.73. The van der Waals surface area contributed by atoms with Crippen molar-refractivity contribution in [3.63, 3.8) is 0 Å². The molecule has 1 N–H and O–H groups in total. The highest BCUT2D eigenvalue weighted by Gasteiger charge is 2.44. The number of amides is 1. The lowest BCUT2D eigenvalue weighted by atomic mass is 9.72. The number of halogens is 1. The van der Waals surface area contributed by atoms with Crippen molar-refractivity contribution < 1.29 is 23.8 Å². The summed E-state index contributed by atoms with van der Waals surface area (Å²) in [4.78, 5) is 26.7. The first-order chi connectivity index (χ1) is 13.5. The molecule has 0 atom stereocenters. The maximum Gasteiger partial charge on any atom is 0.335 e. The lowest BCUT2D eigenvalue weighted by Gasteiger charge is -2.41. The molecule has 2 aromatic rings. The predicted octanol–water partition coefficient (Wildman–Crippen LogP) is 3.16. The quantitative estimate of drug-likeness (QED) is 0.884. The number of aromatic carboxylic acids is 1. The van der Waals surface area contributed by atoms with Gasteiger partial charge in [-0.15, -0.1) is 0 Å². The Morgan fingerprint density at radius 2 is 1.75 bits per heavy atom. The van der Waals surface area contributed by atoms with Crippen LogP contribution in [0, 0.1) is 5.82 Å². The number of carbonyl (C=O) groups excluding carboxylic acids is 1. The largest absolute Gasteiger partial charge is 0.478 e. The van der Waals surface area contributed by atoms with Crippen LogP contribution in [0.25, 0.3) is 0 Å². The van der Waals surface area contributed by atoms with Gasteiger partial charge in [-0.2, -0.15) is 0 Å². The summed E-state index contributed by atoms with van der Waals surface area (Å²) in [5.74, 6) is -1.29. The minimum Gasteiger partial charge on any atom is -0.478 e. The van der Waals surface area contributed by atoms with E-state index < -0.39 is 11.4 Å². The second-order valence-corrected chi connectivity index (χ2v) is 7.47. The molecule has 6 heteroatoms. The van der Waals surface area contributed by atoms with Crippen LogP contribution in [0.5, 0.6) is 0 Å². The molecule has 0 spiro atoms. The van der Waals surface area contributed by atoms with E-state index in [0.29, 0.717) is 45.6 Å². The SMILES string of the molecule is O=C(O)c1ccc2c(c1)CN(C(=O)C1(c3ccc(F)cc3)CCOCC1)CC2. The Hall–Kier alpha value is -2.73. The molecule has 28 heavy (non-hydrogen) atoms. The summed E-state index contributed by atoms with van der Waals surface area (Å²) >= 11 is 0. The van der Waals surface area contributed by atoms with Crippen molar-refractivity contribution in [2.24, 2.45) is 0 Å². The van der Waals surface area contributed by atoms with Crippen molar-refractivity contribution in [1.29, 1.82) is 0 Å². The molecule has 0 aromatic heterocycles. The van der Waals surface area contributed by atoms with Gasteiger partial charge >= 0.3 is 5.97 Å². The molecule has 1 fully saturated rings. The van der Waals surface area contributed by atoms with E-state index in [2.05, 4.69) is 0 Å². The summed E-state index contributed by atoms with van der Waals surface area (Å²) in [5.41, 5.74) is 2.27. The van der Waals surface area contributed by atoms with Gasteiger partial charge in [-0.25, -0.2) is 9.18 Å². The van der Waals surface area contributed by atoms with Gasteiger partial charge in [0.1, 0.15) is 5.82 Å². The van der Waals surface area contributed by atoms with E-state index in [0.717, 1.165) is 16.7 Å². The molecular weight excluding hydrogens is 361 g/mol. The van der Waals surface area contributed by atoms with E-state index >= 15 is 0 Å². The minimum absolute atomic E-state index is 0.00814. The third kappa shape index (κ3) is 3.29. The number of benzene rings is 2. The summed E-state index contributed by atoms with van der Waals surface area (Å²) in [6.07, 6.45) is 1.79. The normalized spacial score (nSPS) is 18.4. The van der Waals surface area contributed by atoms with Crippen molar-refractivity contribution in [3.05, 3.63) is 70.5 Å². The van der Waals surface area contributed by atoms with Crippen LogP contribution in [0.3, 0.4) is 0 Å². The molecule has 0 aliphatic carbocycles. The van der Waals surface area contributed by atoms with Gasteiger partial charge in [-0.3, -0.25) is 4.79 Å². The molecule has 0 radical (unpaired) electrons. The lowest BCUT2D eigenvalue weighted by Crippen LogP contribution is -2.51. The van der Waals surface area contributed by atoms with E-state index in [1.165, 1.54) is 12.1 Å².